The van der Waals surface area contributed by atoms with Crippen molar-refractivity contribution in [3.8, 4) is 0 Å². The number of nitrogens with one attached hydrogen (secondary N) is 3. The minimum atomic E-state index is -0.465. The lowest BCUT2D eigenvalue weighted by Gasteiger charge is -2.36. The van der Waals surface area contributed by atoms with Crippen LogP contribution in [0, 0.1) is 5.92 Å². The minimum Gasteiger partial charge on any atom is -0.394 e. The van der Waals surface area contributed by atoms with Crippen LogP contribution in [0.2, 0.25) is 5.02 Å². The van der Waals surface area contributed by atoms with Crippen molar-refractivity contribution >= 4 is 29.2 Å². The lowest BCUT2D eigenvalue weighted by atomic mass is 9.97. The van der Waals surface area contributed by atoms with Gasteiger partial charge in [-0.1, -0.05) is 17.7 Å². The maximum atomic E-state index is 12.2. The number of carbonyl (C=O) groups excluding carboxylic acids is 2. The topological polar surface area (TPSA) is 99.7 Å². The van der Waals surface area contributed by atoms with Crippen LogP contribution >= 0.6 is 11.6 Å². The zero-order valence-electron chi connectivity index (χ0n) is 15.1. The van der Waals surface area contributed by atoms with Crippen molar-refractivity contribution in [3.05, 3.63) is 29.3 Å². The van der Waals surface area contributed by atoms with Gasteiger partial charge in [0.05, 0.1) is 18.8 Å². The van der Waals surface area contributed by atoms with Crippen LogP contribution in [0.3, 0.4) is 0 Å². The van der Waals surface area contributed by atoms with Crippen LogP contribution in [0.1, 0.15) is 32.1 Å². The second-order valence-electron chi connectivity index (χ2n) is 7.13. The summed E-state index contributed by atoms with van der Waals surface area (Å²) in [6.45, 7) is 0.401. The van der Waals surface area contributed by atoms with Crippen LogP contribution < -0.4 is 16.0 Å². The molecule has 0 spiro atoms. The number of benzene rings is 1. The monoisotopic (exact) mass is 395 g/mol. The van der Waals surface area contributed by atoms with E-state index in [1.807, 2.05) is 0 Å². The van der Waals surface area contributed by atoms with Crippen molar-refractivity contribution in [2.75, 3.05) is 18.5 Å². The van der Waals surface area contributed by atoms with Crippen molar-refractivity contribution in [1.82, 2.24) is 10.6 Å². The van der Waals surface area contributed by atoms with Gasteiger partial charge in [0, 0.05) is 23.2 Å². The average molecular weight is 396 g/mol. The molecular weight excluding hydrogens is 370 g/mol. The van der Waals surface area contributed by atoms with Crippen LogP contribution in [-0.4, -0.2) is 48.4 Å². The van der Waals surface area contributed by atoms with Crippen LogP contribution in [-0.2, 0) is 9.53 Å². The molecule has 3 atom stereocenters. The van der Waals surface area contributed by atoms with Crippen LogP contribution in [0.5, 0.6) is 0 Å². The first kappa shape index (κ1) is 19.9. The number of carbonyl (C=O) groups is 2. The summed E-state index contributed by atoms with van der Waals surface area (Å²) in [7, 11) is 0. The van der Waals surface area contributed by atoms with E-state index >= 15 is 0 Å². The van der Waals surface area contributed by atoms with Crippen LogP contribution in [0.25, 0.3) is 0 Å². The molecule has 27 heavy (non-hydrogen) atoms. The van der Waals surface area contributed by atoms with E-state index in [0.717, 1.165) is 19.3 Å². The van der Waals surface area contributed by atoms with Gasteiger partial charge in [0.25, 0.3) is 0 Å². The summed E-state index contributed by atoms with van der Waals surface area (Å²) >= 11 is 5.91. The Morgan fingerprint density at radius 3 is 2.74 bits per heavy atom. The molecule has 1 aromatic rings. The number of anilines is 1. The maximum absolute atomic E-state index is 12.2. The average Bonchev–Trinajstić information content (AvgIpc) is 3.48. The van der Waals surface area contributed by atoms with Crippen LogP contribution in [0.15, 0.2) is 24.3 Å². The largest absolute Gasteiger partial charge is 0.394 e. The molecule has 7 nitrogen and oxygen atoms in total. The van der Waals surface area contributed by atoms with Crippen molar-refractivity contribution < 1.29 is 19.4 Å². The summed E-state index contributed by atoms with van der Waals surface area (Å²) in [6, 6.07) is 6.26. The molecule has 1 heterocycles. The van der Waals surface area contributed by atoms with Gasteiger partial charge >= 0.3 is 6.03 Å². The molecule has 0 unspecified atom stereocenters. The highest BCUT2D eigenvalue weighted by Crippen LogP contribution is 2.29. The summed E-state index contributed by atoms with van der Waals surface area (Å²) in [5, 5.41) is 18.7. The summed E-state index contributed by atoms with van der Waals surface area (Å²) in [5.41, 5.74) is 0.599. The van der Waals surface area contributed by atoms with Crippen molar-refractivity contribution in [2.45, 2.75) is 50.4 Å². The zero-order chi connectivity index (χ0) is 19.2. The van der Waals surface area contributed by atoms with E-state index in [9.17, 15) is 14.7 Å². The smallest absolute Gasteiger partial charge is 0.319 e. The number of halogens is 1. The van der Waals surface area contributed by atoms with E-state index in [1.165, 1.54) is 0 Å². The molecule has 4 N–H and O–H groups in total. The number of aliphatic hydroxyl groups excluding tert-OH is 1. The van der Waals surface area contributed by atoms with Gasteiger partial charge in [-0.3, -0.25) is 4.79 Å². The van der Waals surface area contributed by atoms with Crippen molar-refractivity contribution in [3.63, 3.8) is 0 Å². The van der Waals surface area contributed by atoms with Gasteiger partial charge in [-0.25, -0.2) is 4.79 Å². The molecule has 2 aliphatic rings. The molecule has 2 fully saturated rings. The summed E-state index contributed by atoms with van der Waals surface area (Å²) in [5.74, 6) is 0.329. The highest BCUT2D eigenvalue weighted by atomic mass is 35.5. The third-order valence-corrected chi connectivity index (χ3v) is 5.14. The first-order valence-corrected chi connectivity index (χ1v) is 9.80. The molecule has 3 rings (SSSR count). The zero-order valence-corrected chi connectivity index (χ0v) is 15.9. The Kier molecular flexibility index (Phi) is 6.93. The summed E-state index contributed by atoms with van der Waals surface area (Å²) in [4.78, 5) is 23.9. The number of urea groups is 1. The Morgan fingerprint density at radius 1 is 1.22 bits per heavy atom. The van der Waals surface area contributed by atoms with E-state index in [2.05, 4.69) is 16.0 Å². The maximum Gasteiger partial charge on any atom is 0.319 e. The fourth-order valence-electron chi connectivity index (χ4n) is 3.26. The molecule has 1 saturated heterocycles. The Labute approximate surface area is 163 Å². The predicted octanol–water partition coefficient (Wildman–Crippen LogP) is 2.29. The Morgan fingerprint density at radius 2 is 2.04 bits per heavy atom. The van der Waals surface area contributed by atoms with E-state index in [0.29, 0.717) is 30.1 Å². The third-order valence-electron chi connectivity index (χ3n) is 4.91. The lowest BCUT2D eigenvalue weighted by molar-refractivity contribution is -0.122. The number of amides is 3. The molecule has 1 aromatic carbocycles. The number of ether oxygens (including phenoxy) is 1. The standard InChI is InChI=1S/C19H26ClN3O4/c20-13-2-1-3-14(10-13)22-19(26)23-16-7-6-15(27-17(16)11-24)8-9-21-18(25)12-4-5-12/h1-3,10,12,15-17,24H,4-9,11H2,(H,21,25)(H2,22,23,26)/t15-,16-,17-/m1/s1. The van der Waals surface area contributed by atoms with Gasteiger partial charge < -0.3 is 25.8 Å². The quantitative estimate of drug-likeness (QED) is 0.569. The second kappa shape index (κ2) is 9.39. The van der Waals surface area contributed by atoms with Gasteiger partial charge in [0.1, 0.15) is 6.10 Å². The van der Waals surface area contributed by atoms with Gasteiger partial charge in [0.15, 0.2) is 0 Å². The van der Waals surface area contributed by atoms with E-state index in [-0.39, 0.29) is 36.6 Å². The first-order valence-electron chi connectivity index (χ1n) is 9.42. The predicted molar refractivity (Wildman–Crippen MR) is 103 cm³/mol. The molecular formula is C19H26ClN3O4. The lowest BCUT2D eigenvalue weighted by Crippen LogP contribution is -2.52. The van der Waals surface area contributed by atoms with E-state index in [4.69, 9.17) is 16.3 Å². The van der Waals surface area contributed by atoms with Crippen molar-refractivity contribution in [1.29, 1.82) is 0 Å². The van der Waals surface area contributed by atoms with Gasteiger partial charge in [-0.2, -0.15) is 0 Å². The summed E-state index contributed by atoms with van der Waals surface area (Å²) in [6.07, 6.45) is 3.65. The van der Waals surface area contributed by atoms with Gasteiger partial charge in [0.2, 0.25) is 5.91 Å². The fourth-order valence-corrected chi connectivity index (χ4v) is 3.45. The Hall–Kier alpha value is -1.83. The second-order valence-corrected chi connectivity index (χ2v) is 7.56. The SMILES string of the molecule is O=C(Nc1cccc(Cl)c1)N[C@@H]1CC[C@H](CCNC(=O)C2CC2)O[C@@H]1CO. The van der Waals surface area contributed by atoms with E-state index in [1.54, 1.807) is 24.3 Å². The molecule has 0 radical (unpaired) electrons. The van der Waals surface area contributed by atoms with Crippen LogP contribution in [0.4, 0.5) is 10.5 Å². The molecule has 0 aromatic heterocycles. The minimum absolute atomic E-state index is 0.0318. The molecule has 8 heteroatoms. The third kappa shape index (κ3) is 6.09. The summed E-state index contributed by atoms with van der Waals surface area (Å²) < 4.78 is 5.91. The first-order chi connectivity index (χ1) is 13.0. The normalized spacial score (nSPS) is 24.9. The molecule has 1 aliphatic heterocycles. The van der Waals surface area contributed by atoms with Crippen molar-refractivity contribution in [2.24, 2.45) is 5.92 Å². The highest BCUT2D eigenvalue weighted by Gasteiger charge is 2.32. The number of rotatable bonds is 7. The Balaban J connectivity index is 1.42. The number of hydrogen-bond donors (Lipinski definition) is 4. The fraction of sp³-hybridized carbons (Fsp3) is 0.579. The molecule has 1 aliphatic carbocycles. The Bertz CT molecular complexity index is 668. The molecule has 0 bridgehead atoms. The van der Waals surface area contributed by atoms with E-state index < -0.39 is 6.10 Å². The molecule has 3 amide bonds. The molecule has 1 saturated carbocycles. The number of hydrogen-bond acceptors (Lipinski definition) is 4. The highest BCUT2D eigenvalue weighted by molar-refractivity contribution is 6.30. The number of aliphatic hydroxyl groups is 1. The van der Waals surface area contributed by atoms with Gasteiger partial charge in [-0.05, 0) is 50.3 Å². The molecule has 148 valence electrons. The van der Waals surface area contributed by atoms with Gasteiger partial charge in [-0.15, -0.1) is 0 Å².